The molecule has 0 saturated heterocycles. The lowest BCUT2D eigenvalue weighted by Crippen LogP contribution is -1.81. The minimum Gasteiger partial charge on any atom is -0.355 e. The summed E-state index contributed by atoms with van der Waals surface area (Å²) < 4.78 is 13.9. The maximum atomic E-state index is 13.5. The minimum absolute atomic E-state index is 0.249. The monoisotopic (exact) mass is 289 g/mol. The first kappa shape index (κ1) is 10.5. The number of fused-ring (bicyclic) bond motifs is 1. The van der Waals surface area contributed by atoms with Gasteiger partial charge in [0.25, 0.3) is 0 Å². The third kappa shape index (κ3) is 1.87. The van der Waals surface area contributed by atoms with Crippen molar-refractivity contribution in [1.82, 2.24) is 4.98 Å². The molecule has 0 fully saturated rings. The molecule has 3 heteroatoms. The molecule has 1 heterocycles. The molecule has 0 unspecified atom stereocenters. The third-order valence-corrected chi connectivity index (χ3v) is 3.40. The van der Waals surface area contributed by atoms with Crippen molar-refractivity contribution in [2.45, 2.75) is 0 Å². The van der Waals surface area contributed by atoms with Gasteiger partial charge in [0.1, 0.15) is 5.82 Å². The van der Waals surface area contributed by atoms with Gasteiger partial charge in [-0.05, 0) is 40.2 Å². The average Bonchev–Trinajstić information content (AvgIpc) is 2.76. The van der Waals surface area contributed by atoms with Crippen LogP contribution in [0.3, 0.4) is 0 Å². The summed E-state index contributed by atoms with van der Waals surface area (Å²) in [7, 11) is 0. The zero-order chi connectivity index (χ0) is 11.8. The second-order valence-electron chi connectivity index (χ2n) is 3.90. The summed E-state index contributed by atoms with van der Waals surface area (Å²) >= 11 is 3.15. The van der Waals surface area contributed by atoms with E-state index >= 15 is 0 Å². The number of rotatable bonds is 1. The molecule has 84 valence electrons. The molecule has 0 radical (unpaired) electrons. The molecule has 0 amide bonds. The molecule has 3 aromatic rings. The van der Waals surface area contributed by atoms with Crippen LogP contribution in [-0.4, -0.2) is 4.98 Å². The highest BCUT2D eigenvalue weighted by Crippen LogP contribution is 2.26. The number of benzene rings is 2. The minimum atomic E-state index is -0.249. The Kier molecular flexibility index (Phi) is 2.48. The van der Waals surface area contributed by atoms with Crippen LogP contribution in [0.5, 0.6) is 0 Å². The van der Waals surface area contributed by atoms with E-state index in [1.807, 2.05) is 36.4 Å². The molecule has 1 N–H and O–H groups in total. The van der Waals surface area contributed by atoms with Crippen LogP contribution in [0.1, 0.15) is 0 Å². The smallest absolute Gasteiger partial charge is 0.138 e. The van der Waals surface area contributed by atoms with E-state index < -0.39 is 0 Å². The van der Waals surface area contributed by atoms with Crippen molar-refractivity contribution < 1.29 is 4.39 Å². The largest absolute Gasteiger partial charge is 0.355 e. The predicted molar refractivity (Wildman–Crippen MR) is 71.4 cm³/mol. The van der Waals surface area contributed by atoms with Crippen molar-refractivity contribution in [3.63, 3.8) is 0 Å². The van der Waals surface area contributed by atoms with E-state index in [1.165, 1.54) is 6.07 Å². The summed E-state index contributed by atoms with van der Waals surface area (Å²) in [6, 6.07) is 15.2. The average molecular weight is 290 g/mol. The van der Waals surface area contributed by atoms with Gasteiger partial charge in [-0.25, -0.2) is 4.39 Å². The van der Waals surface area contributed by atoms with Crippen LogP contribution in [0.4, 0.5) is 4.39 Å². The molecular weight excluding hydrogens is 281 g/mol. The quantitative estimate of drug-likeness (QED) is 0.666. The van der Waals surface area contributed by atoms with Crippen LogP contribution < -0.4 is 0 Å². The van der Waals surface area contributed by atoms with Gasteiger partial charge in [0.2, 0.25) is 0 Å². The van der Waals surface area contributed by atoms with E-state index in [2.05, 4.69) is 20.9 Å². The molecule has 0 bridgehead atoms. The molecule has 1 aromatic heterocycles. The van der Waals surface area contributed by atoms with E-state index in [9.17, 15) is 4.39 Å². The Labute approximate surface area is 106 Å². The molecule has 0 aliphatic heterocycles. The zero-order valence-corrected chi connectivity index (χ0v) is 10.5. The van der Waals surface area contributed by atoms with Crippen LogP contribution >= 0.6 is 15.9 Å². The number of H-pyrrole nitrogens is 1. The van der Waals surface area contributed by atoms with Crippen LogP contribution in [0.25, 0.3) is 22.2 Å². The fourth-order valence-electron chi connectivity index (χ4n) is 1.89. The van der Waals surface area contributed by atoms with Crippen molar-refractivity contribution in [2.75, 3.05) is 0 Å². The molecule has 2 aromatic carbocycles. The third-order valence-electron chi connectivity index (χ3n) is 2.76. The lowest BCUT2D eigenvalue weighted by Gasteiger charge is -1.99. The normalized spacial score (nSPS) is 10.9. The highest BCUT2D eigenvalue weighted by molar-refractivity contribution is 9.10. The Bertz CT molecular complexity index is 655. The summed E-state index contributed by atoms with van der Waals surface area (Å²) in [5.41, 5.74) is 2.84. The number of hydrogen-bond donors (Lipinski definition) is 1. The standard InChI is InChI=1S/C14H9BrFN/c15-11-6-5-10(7-12(11)16)14-8-9-3-1-2-4-13(9)17-14/h1-8,17H. The number of para-hydroxylation sites is 1. The molecule has 0 aliphatic rings. The number of nitrogens with one attached hydrogen (secondary N) is 1. The van der Waals surface area contributed by atoms with Crippen LogP contribution in [0, 0.1) is 5.82 Å². The number of hydrogen-bond acceptors (Lipinski definition) is 0. The maximum absolute atomic E-state index is 13.5. The molecule has 17 heavy (non-hydrogen) atoms. The van der Waals surface area contributed by atoms with Crippen molar-refractivity contribution in [2.24, 2.45) is 0 Å². The number of aromatic amines is 1. The summed E-state index contributed by atoms with van der Waals surface area (Å²) in [5.74, 6) is -0.249. The Morgan fingerprint density at radius 2 is 1.82 bits per heavy atom. The second kappa shape index (κ2) is 4.00. The molecule has 3 rings (SSSR count). The summed E-state index contributed by atoms with van der Waals surface area (Å²) in [6.45, 7) is 0. The molecule has 0 saturated carbocycles. The first-order valence-electron chi connectivity index (χ1n) is 5.27. The fraction of sp³-hybridized carbons (Fsp3) is 0. The van der Waals surface area contributed by atoms with Gasteiger partial charge in [0, 0.05) is 22.2 Å². The number of aromatic nitrogens is 1. The van der Waals surface area contributed by atoms with Gasteiger partial charge in [0.15, 0.2) is 0 Å². The lowest BCUT2D eigenvalue weighted by molar-refractivity contribution is 0.621. The van der Waals surface area contributed by atoms with Crippen molar-refractivity contribution in [1.29, 1.82) is 0 Å². The first-order chi connectivity index (χ1) is 8.24. The Morgan fingerprint density at radius 1 is 1.00 bits per heavy atom. The van der Waals surface area contributed by atoms with Gasteiger partial charge in [-0.2, -0.15) is 0 Å². The molecule has 0 atom stereocenters. The van der Waals surface area contributed by atoms with Crippen molar-refractivity contribution in [3.8, 4) is 11.3 Å². The van der Waals surface area contributed by atoms with Gasteiger partial charge in [0.05, 0.1) is 4.47 Å². The van der Waals surface area contributed by atoms with Crippen LogP contribution in [0.15, 0.2) is 53.0 Å². The zero-order valence-electron chi connectivity index (χ0n) is 8.87. The first-order valence-corrected chi connectivity index (χ1v) is 6.06. The maximum Gasteiger partial charge on any atom is 0.138 e. The van der Waals surface area contributed by atoms with E-state index in [0.717, 1.165) is 22.2 Å². The van der Waals surface area contributed by atoms with Crippen molar-refractivity contribution in [3.05, 3.63) is 58.8 Å². The number of halogens is 2. The summed E-state index contributed by atoms with van der Waals surface area (Å²) in [4.78, 5) is 3.28. The molecule has 0 aliphatic carbocycles. The molecule has 0 spiro atoms. The molecule has 1 nitrogen and oxygen atoms in total. The second-order valence-corrected chi connectivity index (χ2v) is 4.75. The van der Waals surface area contributed by atoms with Crippen LogP contribution in [-0.2, 0) is 0 Å². The van der Waals surface area contributed by atoms with E-state index in [1.54, 1.807) is 6.07 Å². The van der Waals surface area contributed by atoms with Gasteiger partial charge >= 0.3 is 0 Å². The van der Waals surface area contributed by atoms with Gasteiger partial charge < -0.3 is 4.98 Å². The van der Waals surface area contributed by atoms with Gasteiger partial charge in [-0.3, -0.25) is 0 Å². The Balaban J connectivity index is 2.17. The van der Waals surface area contributed by atoms with Gasteiger partial charge in [-0.1, -0.05) is 24.3 Å². The van der Waals surface area contributed by atoms with E-state index in [-0.39, 0.29) is 5.82 Å². The Morgan fingerprint density at radius 3 is 2.59 bits per heavy atom. The van der Waals surface area contributed by atoms with E-state index in [0.29, 0.717) is 4.47 Å². The summed E-state index contributed by atoms with van der Waals surface area (Å²) in [6.07, 6.45) is 0. The highest BCUT2D eigenvalue weighted by Gasteiger charge is 2.05. The topological polar surface area (TPSA) is 15.8 Å². The SMILES string of the molecule is Fc1cc(-c2cc3ccccc3[nH]2)ccc1Br. The lowest BCUT2D eigenvalue weighted by atomic mass is 10.1. The van der Waals surface area contributed by atoms with Crippen molar-refractivity contribution >= 4 is 26.8 Å². The molecular formula is C14H9BrFN. The van der Waals surface area contributed by atoms with Gasteiger partial charge in [-0.15, -0.1) is 0 Å². The Hall–Kier alpha value is -1.61. The van der Waals surface area contributed by atoms with Crippen LogP contribution in [0.2, 0.25) is 0 Å². The van der Waals surface area contributed by atoms with E-state index in [4.69, 9.17) is 0 Å². The summed E-state index contributed by atoms with van der Waals surface area (Å²) in [5, 5.41) is 1.13. The highest BCUT2D eigenvalue weighted by atomic mass is 79.9. The predicted octanol–water partition coefficient (Wildman–Crippen LogP) is 4.74. The fourth-order valence-corrected chi connectivity index (χ4v) is 2.14.